The Hall–Kier alpha value is -0.900. The lowest BCUT2D eigenvalue weighted by Crippen LogP contribution is -2.19. The second-order valence-corrected chi connectivity index (χ2v) is 5.46. The van der Waals surface area contributed by atoms with Gasteiger partial charge in [-0.1, -0.05) is 18.2 Å². The molecule has 0 aliphatic heterocycles. The van der Waals surface area contributed by atoms with Gasteiger partial charge in [0.2, 0.25) is 0 Å². The number of fused-ring (bicyclic) bond motifs is 1. The average molecular weight is 248 g/mol. The van der Waals surface area contributed by atoms with Crippen LogP contribution in [0.5, 0.6) is 0 Å². The van der Waals surface area contributed by atoms with E-state index in [1.807, 2.05) is 11.3 Å². The van der Waals surface area contributed by atoms with Crippen molar-refractivity contribution in [2.24, 2.45) is 5.73 Å². The molecule has 92 valence electrons. The standard InChI is InChI=1S/C14H20N2S/c1-11(15)5-4-8-16-9-12-10-17-14-7-3-2-6-13(12)14/h2-3,6-7,10-11,16H,4-5,8-9,15H2,1H3. The van der Waals surface area contributed by atoms with Crippen molar-refractivity contribution in [3.05, 3.63) is 35.2 Å². The first kappa shape index (κ1) is 12.6. The maximum absolute atomic E-state index is 5.72. The Morgan fingerprint density at radius 1 is 1.35 bits per heavy atom. The number of hydrogen-bond acceptors (Lipinski definition) is 3. The number of nitrogens with two attached hydrogens (primary N) is 1. The maximum atomic E-state index is 5.72. The van der Waals surface area contributed by atoms with Crippen molar-refractivity contribution in [1.82, 2.24) is 5.32 Å². The van der Waals surface area contributed by atoms with Gasteiger partial charge < -0.3 is 11.1 Å². The van der Waals surface area contributed by atoms with Crippen LogP contribution in [0.25, 0.3) is 10.1 Å². The molecule has 3 heteroatoms. The van der Waals surface area contributed by atoms with E-state index in [1.54, 1.807) is 0 Å². The Bertz CT molecular complexity index is 462. The van der Waals surface area contributed by atoms with Gasteiger partial charge in [0, 0.05) is 17.3 Å². The molecule has 1 aromatic carbocycles. The Morgan fingerprint density at radius 3 is 3.00 bits per heavy atom. The summed E-state index contributed by atoms with van der Waals surface area (Å²) in [7, 11) is 0. The number of rotatable bonds is 6. The molecule has 1 heterocycles. The van der Waals surface area contributed by atoms with E-state index in [2.05, 4.69) is 41.9 Å². The van der Waals surface area contributed by atoms with Crippen LogP contribution in [0.2, 0.25) is 0 Å². The highest BCUT2D eigenvalue weighted by Crippen LogP contribution is 2.25. The maximum Gasteiger partial charge on any atom is 0.0346 e. The Morgan fingerprint density at radius 2 is 2.18 bits per heavy atom. The van der Waals surface area contributed by atoms with Crippen LogP contribution >= 0.6 is 11.3 Å². The molecule has 1 unspecified atom stereocenters. The molecule has 0 amide bonds. The van der Waals surface area contributed by atoms with Crippen molar-refractivity contribution in [2.75, 3.05) is 6.54 Å². The molecule has 2 rings (SSSR count). The lowest BCUT2D eigenvalue weighted by Gasteiger charge is -2.06. The van der Waals surface area contributed by atoms with Crippen LogP contribution in [-0.2, 0) is 6.54 Å². The fraction of sp³-hybridized carbons (Fsp3) is 0.429. The molecule has 0 fully saturated rings. The van der Waals surface area contributed by atoms with Gasteiger partial charge in [-0.15, -0.1) is 11.3 Å². The molecule has 3 N–H and O–H groups in total. The zero-order valence-corrected chi connectivity index (χ0v) is 11.1. The summed E-state index contributed by atoms with van der Waals surface area (Å²) >= 11 is 1.82. The third-order valence-corrected chi connectivity index (χ3v) is 3.90. The van der Waals surface area contributed by atoms with Crippen molar-refractivity contribution in [3.8, 4) is 0 Å². The summed E-state index contributed by atoms with van der Waals surface area (Å²) in [5.74, 6) is 0. The highest BCUT2D eigenvalue weighted by atomic mass is 32.1. The molecule has 0 aliphatic carbocycles. The van der Waals surface area contributed by atoms with Crippen molar-refractivity contribution in [2.45, 2.75) is 32.4 Å². The minimum absolute atomic E-state index is 0.318. The van der Waals surface area contributed by atoms with E-state index in [-0.39, 0.29) is 0 Å². The summed E-state index contributed by atoms with van der Waals surface area (Å²) in [4.78, 5) is 0. The largest absolute Gasteiger partial charge is 0.328 e. The summed E-state index contributed by atoms with van der Waals surface area (Å²) in [6, 6.07) is 8.90. The number of thiophene rings is 1. The van der Waals surface area contributed by atoms with E-state index < -0.39 is 0 Å². The van der Waals surface area contributed by atoms with Gasteiger partial charge in [-0.2, -0.15) is 0 Å². The second-order valence-electron chi connectivity index (χ2n) is 4.55. The average Bonchev–Trinajstić information content (AvgIpc) is 2.72. The molecule has 2 aromatic rings. The summed E-state index contributed by atoms with van der Waals surface area (Å²) in [6.07, 6.45) is 2.25. The molecule has 0 saturated heterocycles. The summed E-state index contributed by atoms with van der Waals surface area (Å²) < 4.78 is 1.37. The topological polar surface area (TPSA) is 38.0 Å². The van der Waals surface area contributed by atoms with Gasteiger partial charge >= 0.3 is 0 Å². The Kier molecular flexibility index (Phi) is 4.54. The number of benzene rings is 1. The van der Waals surface area contributed by atoms with Crippen LogP contribution in [0.1, 0.15) is 25.3 Å². The molecular formula is C14H20N2S. The van der Waals surface area contributed by atoms with Crippen molar-refractivity contribution in [1.29, 1.82) is 0 Å². The van der Waals surface area contributed by atoms with Gasteiger partial charge in [0.05, 0.1) is 0 Å². The lowest BCUT2D eigenvalue weighted by atomic mass is 10.1. The number of hydrogen-bond donors (Lipinski definition) is 2. The lowest BCUT2D eigenvalue weighted by molar-refractivity contribution is 0.575. The second kappa shape index (κ2) is 6.15. The number of nitrogens with one attached hydrogen (secondary N) is 1. The first-order valence-electron chi connectivity index (χ1n) is 6.19. The summed E-state index contributed by atoms with van der Waals surface area (Å²) in [5.41, 5.74) is 7.13. The Labute approximate surface area is 107 Å². The van der Waals surface area contributed by atoms with Gasteiger partial charge in [0.15, 0.2) is 0 Å². The Balaban J connectivity index is 1.83. The highest BCUT2D eigenvalue weighted by Gasteiger charge is 2.02. The molecule has 0 bridgehead atoms. The highest BCUT2D eigenvalue weighted by molar-refractivity contribution is 7.17. The van der Waals surface area contributed by atoms with Crippen molar-refractivity contribution < 1.29 is 0 Å². The zero-order chi connectivity index (χ0) is 12.1. The van der Waals surface area contributed by atoms with Gasteiger partial charge in [0.1, 0.15) is 0 Å². The van der Waals surface area contributed by atoms with Crippen LogP contribution in [-0.4, -0.2) is 12.6 Å². The van der Waals surface area contributed by atoms with Gasteiger partial charge in [-0.25, -0.2) is 0 Å². The van der Waals surface area contributed by atoms with Crippen molar-refractivity contribution in [3.63, 3.8) is 0 Å². The van der Waals surface area contributed by atoms with Gasteiger partial charge in [0.25, 0.3) is 0 Å². The molecule has 0 saturated carbocycles. The van der Waals surface area contributed by atoms with Crippen LogP contribution in [0.3, 0.4) is 0 Å². The van der Waals surface area contributed by atoms with Gasteiger partial charge in [-0.05, 0) is 48.7 Å². The predicted molar refractivity (Wildman–Crippen MR) is 76.4 cm³/mol. The first-order valence-corrected chi connectivity index (χ1v) is 7.07. The molecule has 0 spiro atoms. The third-order valence-electron chi connectivity index (χ3n) is 2.89. The SMILES string of the molecule is CC(N)CCCNCc1csc2ccccc12. The minimum Gasteiger partial charge on any atom is -0.328 e. The molecule has 0 radical (unpaired) electrons. The van der Waals surface area contributed by atoms with Gasteiger partial charge in [-0.3, -0.25) is 0 Å². The molecule has 17 heavy (non-hydrogen) atoms. The van der Waals surface area contributed by atoms with Crippen LogP contribution in [0.4, 0.5) is 0 Å². The first-order chi connectivity index (χ1) is 8.27. The smallest absolute Gasteiger partial charge is 0.0346 e. The van der Waals surface area contributed by atoms with E-state index >= 15 is 0 Å². The molecule has 0 aliphatic rings. The fourth-order valence-corrected chi connectivity index (χ4v) is 2.90. The molecule has 1 atom stereocenters. The summed E-state index contributed by atoms with van der Waals surface area (Å²) in [6.45, 7) is 4.07. The minimum atomic E-state index is 0.318. The van der Waals surface area contributed by atoms with E-state index in [0.29, 0.717) is 6.04 Å². The fourth-order valence-electron chi connectivity index (χ4n) is 1.94. The quantitative estimate of drug-likeness (QED) is 0.771. The molecule has 1 aromatic heterocycles. The van der Waals surface area contributed by atoms with Crippen LogP contribution < -0.4 is 11.1 Å². The zero-order valence-electron chi connectivity index (χ0n) is 10.3. The van der Waals surface area contributed by atoms with Crippen LogP contribution in [0.15, 0.2) is 29.6 Å². The van der Waals surface area contributed by atoms with E-state index in [0.717, 1.165) is 25.9 Å². The molecule has 2 nitrogen and oxygen atoms in total. The van der Waals surface area contributed by atoms with Crippen LogP contribution in [0, 0.1) is 0 Å². The molecular weight excluding hydrogens is 228 g/mol. The van der Waals surface area contributed by atoms with Crippen molar-refractivity contribution >= 4 is 21.4 Å². The van der Waals surface area contributed by atoms with E-state index in [4.69, 9.17) is 5.73 Å². The summed E-state index contributed by atoms with van der Waals surface area (Å²) in [5, 5.41) is 7.13. The van der Waals surface area contributed by atoms with E-state index in [9.17, 15) is 0 Å². The third kappa shape index (κ3) is 3.53. The normalized spacial score (nSPS) is 13.1. The monoisotopic (exact) mass is 248 g/mol. The van der Waals surface area contributed by atoms with E-state index in [1.165, 1.54) is 15.6 Å². The predicted octanol–water partition coefficient (Wildman–Crippen LogP) is 3.12.